The molecular weight excluding hydrogens is 527 g/mol. The van der Waals surface area contributed by atoms with Crippen LogP contribution in [0.3, 0.4) is 0 Å². The molecule has 0 unspecified atom stereocenters. The van der Waals surface area contributed by atoms with E-state index in [4.69, 9.17) is 0 Å². The third-order valence-corrected chi connectivity index (χ3v) is 7.70. The number of likely N-dealkylation sites (N-methyl/N-ethyl adjacent to an activating group) is 1. The van der Waals surface area contributed by atoms with Crippen LogP contribution in [-0.4, -0.2) is 58.9 Å². The van der Waals surface area contributed by atoms with E-state index in [1.165, 1.54) is 17.7 Å². The van der Waals surface area contributed by atoms with Gasteiger partial charge in [0.15, 0.2) is 0 Å². The Balaban J connectivity index is 1.14. The van der Waals surface area contributed by atoms with Crippen molar-refractivity contribution in [1.29, 1.82) is 0 Å². The zero-order chi connectivity index (χ0) is 29.1. The minimum absolute atomic E-state index is 0.149. The first-order valence-electron chi connectivity index (χ1n) is 14.1. The van der Waals surface area contributed by atoms with Crippen LogP contribution < -0.4 is 10.6 Å². The molecule has 0 radical (unpaired) electrons. The van der Waals surface area contributed by atoms with E-state index < -0.39 is 0 Å². The molecule has 8 heteroatoms. The molecule has 0 spiro atoms. The summed E-state index contributed by atoms with van der Waals surface area (Å²) < 4.78 is 13.2. The van der Waals surface area contributed by atoms with Gasteiger partial charge in [-0.05, 0) is 96.9 Å². The normalized spacial score (nSPS) is 14.2. The summed E-state index contributed by atoms with van der Waals surface area (Å²) in [5, 5.41) is 7.03. The van der Waals surface area contributed by atoms with E-state index >= 15 is 0 Å². The standard InChI is InChI=1S/C34H33FN6O/c1-23-3-6-26(33(42)37-29-10-4-24(5-11-29)22-41-17-15-40(2)16-18-41)20-31(23)25-7-14-32-27(19-25)21-36-34(39-32)38-30-12-8-28(35)9-13-30/h3-14,19-21H,15-18,22H2,1-2H3,(H,37,42)(H,36,38,39). The monoisotopic (exact) mass is 560 g/mol. The number of nitrogens with zero attached hydrogens (tertiary/aromatic N) is 4. The second kappa shape index (κ2) is 12.1. The number of piperazine rings is 1. The molecule has 2 N–H and O–H groups in total. The summed E-state index contributed by atoms with van der Waals surface area (Å²) in [6, 6.07) is 25.9. The van der Waals surface area contributed by atoms with Gasteiger partial charge in [-0.3, -0.25) is 9.69 Å². The van der Waals surface area contributed by atoms with Gasteiger partial charge < -0.3 is 15.5 Å². The molecule has 1 amide bonds. The maximum atomic E-state index is 13.2. The van der Waals surface area contributed by atoms with E-state index in [9.17, 15) is 9.18 Å². The summed E-state index contributed by atoms with van der Waals surface area (Å²) in [4.78, 5) is 27.0. The molecule has 212 valence electrons. The average Bonchev–Trinajstić information content (AvgIpc) is 3.00. The number of aromatic nitrogens is 2. The van der Waals surface area contributed by atoms with Gasteiger partial charge in [-0.25, -0.2) is 14.4 Å². The Labute approximate surface area is 245 Å². The highest BCUT2D eigenvalue weighted by Gasteiger charge is 2.15. The first-order valence-corrected chi connectivity index (χ1v) is 14.1. The molecule has 5 aromatic rings. The van der Waals surface area contributed by atoms with Gasteiger partial charge in [0, 0.05) is 61.2 Å². The molecule has 0 atom stereocenters. The van der Waals surface area contributed by atoms with E-state index in [2.05, 4.69) is 49.6 Å². The number of benzene rings is 4. The van der Waals surface area contributed by atoms with Gasteiger partial charge in [-0.2, -0.15) is 0 Å². The average molecular weight is 561 g/mol. The summed E-state index contributed by atoms with van der Waals surface area (Å²) >= 11 is 0. The van der Waals surface area contributed by atoms with E-state index in [0.717, 1.165) is 66.0 Å². The fourth-order valence-corrected chi connectivity index (χ4v) is 5.16. The predicted molar refractivity (Wildman–Crippen MR) is 167 cm³/mol. The number of hydrogen-bond acceptors (Lipinski definition) is 6. The summed E-state index contributed by atoms with van der Waals surface area (Å²) in [7, 11) is 2.16. The van der Waals surface area contributed by atoms with Gasteiger partial charge in [0.1, 0.15) is 5.82 Å². The van der Waals surface area contributed by atoms with Crippen LogP contribution in [0.15, 0.2) is 91.1 Å². The van der Waals surface area contributed by atoms with Gasteiger partial charge in [0.2, 0.25) is 5.95 Å². The maximum Gasteiger partial charge on any atom is 0.255 e. The second-order valence-corrected chi connectivity index (χ2v) is 10.9. The van der Waals surface area contributed by atoms with E-state index in [-0.39, 0.29) is 11.7 Å². The van der Waals surface area contributed by atoms with Crippen LogP contribution in [0.4, 0.5) is 21.7 Å². The molecule has 1 aliphatic heterocycles. The lowest BCUT2D eigenvalue weighted by Gasteiger charge is -2.32. The van der Waals surface area contributed by atoms with E-state index in [0.29, 0.717) is 17.2 Å². The number of carbonyl (C=O) groups is 1. The summed E-state index contributed by atoms with van der Waals surface area (Å²) in [6.45, 7) is 7.29. The minimum Gasteiger partial charge on any atom is -0.324 e. The summed E-state index contributed by atoms with van der Waals surface area (Å²) in [5.41, 5.74) is 7.11. The van der Waals surface area contributed by atoms with E-state index in [1.54, 1.807) is 18.3 Å². The molecule has 4 aromatic carbocycles. The molecular formula is C34H33FN6O. The fourth-order valence-electron chi connectivity index (χ4n) is 5.16. The smallest absolute Gasteiger partial charge is 0.255 e. The third kappa shape index (κ3) is 6.46. The summed E-state index contributed by atoms with van der Waals surface area (Å²) in [6.07, 6.45) is 1.76. The lowest BCUT2D eigenvalue weighted by Crippen LogP contribution is -2.43. The summed E-state index contributed by atoms with van der Waals surface area (Å²) in [5.74, 6) is -0.0112. The van der Waals surface area contributed by atoms with Crippen molar-refractivity contribution < 1.29 is 9.18 Å². The number of fused-ring (bicyclic) bond motifs is 1. The van der Waals surface area contributed by atoms with Crippen molar-refractivity contribution in [2.75, 3.05) is 43.9 Å². The second-order valence-electron chi connectivity index (χ2n) is 10.9. The molecule has 2 heterocycles. The van der Waals surface area contributed by atoms with Gasteiger partial charge in [-0.15, -0.1) is 0 Å². The van der Waals surface area contributed by atoms with Crippen LogP contribution in [0.25, 0.3) is 22.0 Å². The Kier molecular flexibility index (Phi) is 7.90. The molecule has 42 heavy (non-hydrogen) atoms. The number of aryl methyl sites for hydroxylation is 1. The van der Waals surface area contributed by atoms with Crippen molar-refractivity contribution in [3.63, 3.8) is 0 Å². The van der Waals surface area contributed by atoms with Crippen molar-refractivity contribution in [2.45, 2.75) is 13.5 Å². The van der Waals surface area contributed by atoms with Crippen LogP contribution in [0.1, 0.15) is 21.5 Å². The number of anilines is 3. The molecule has 0 saturated carbocycles. The van der Waals surface area contributed by atoms with Crippen LogP contribution >= 0.6 is 0 Å². The highest BCUT2D eigenvalue weighted by molar-refractivity contribution is 6.05. The molecule has 7 nitrogen and oxygen atoms in total. The number of carbonyl (C=O) groups excluding carboxylic acids is 1. The van der Waals surface area contributed by atoms with Crippen LogP contribution in [0, 0.1) is 12.7 Å². The Morgan fingerprint density at radius 3 is 2.38 bits per heavy atom. The first kappa shape index (κ1) is 27.5. The number of rotatable bonds is 7. The zero-order valence-corrected chi connectivity index (χ0v) is 23.8. The van der Waals surface area contributed by atoms with Crippen molar-refractivity contribution in [3.05, 3.63) is 114 Å². The fraction of sp³-hybridized carbons (Fsp3) is 0.206. The van der Waals surface area contributed by atoms with Crippen LogP contribution in [0.5, 0.6) is 0 Å². The van der Waals surface area contributed by atoms with Crippen molar-refractivity contribution in [1.82, 2.24) is 19.8 Å². The van der Waals surface area contributed by atoms with Gasteiger partial charge in [-0.1, -0.05) is 24.3 Å². The maximum absolute atomic E-state index is 13.2. The zero-order valence-electron chi connectivity index (χ0n) is 23.8. The van der Waals surface area contributed by atoms with Crippen LogP contribution in [0.2, 0.25) is 0 Å². The number of nitrogens with one attached hydrogen (secondary N) is 2. The molecule has 1 aliphatic rings. The Bertz CT molecular complexity index is 1710. The van der Waals surface area contributed by atoms with E-state index in [1.807, 2.05) is 55.5 Å². The molecule has 1 fully saturated rings. The lowest BCUT2D eigenvalue weighted by molar-refractivity contribution is 0.102. The van der Waals surface area contributed by atoms with Gasteiger partial charge in [0.05, 0.1) is 5.52 Å². The SMILES string of the molecule is Cc1ccc(C(=O)Nc2ccc(CN3CCN(C)CC3)cc2)cc1-c1ccc2nc(Nc3ccc(F)cc3)ncc2c1. The third-order valence-electron chi connectivity index (χ3n) is 7.70. The molecule has 6 rings (SSSR count). The Hall–Kier alpha value is -4.66. The van der Waals surface area contributed by atoms with Gasteiger partial charge in [0.25, 0.3) is 5.91 Å². The minimum atomic E-state index is -0.296. The molecule has 0 aliphatic carbocycles. The quantitative estimate of drug-likeness (QED) is 0.237. The highest BCUT2D eigenvalue weighted by Crippen LogP contribution is 2.28. The highest BCUT2D eigenvalue weighted by atomic mass is 19.1. The number of halogens is 1. The van der Waals surface area contributed by atoms with Crippen molar-refractivity contribution >= 4 is 34.1 Å². The number of amides is 1. The predicted octanol–water partition coefficient (Wildman–Crippen LogP) is 6.49. The number of hydrogen-bond donors (Lipinski definition) is 2. The largest absolute Gasteiger partial charge is 0.324 e. The van der Waals surface area contributed by atoms with Crippen molar-refractivity contribution in [2.24, 2.45) is 0 Å². The lowest BCUT2D eigenvalue weighted by atomic mass is 9.97. The Morgan fingerprint density at radius 1 is 0.881 bits per heavy atom. The van der Waals surface area contributed by atoms with Gasteiger partial charge >= 0.3 is 0 Å². The van der Waals surface area contributed by atoms with Crippen molar-refractivity contribution in [3.8, 4) is 11.1 Å². The first-order chi connectivity index (χ1) is 20.4. The molecule has 1 aromatic heterocycles. The molecule has 1 saturated heterocycles. The topological polar surface area (TPSA) is 73.4 Å². The Morgan fingerprint density at radius 2 is 1.62 bits per heavy atom. The molecule has 0 bridgehead atoms. The van der Waals surface area contributed by atoms with Crippen LogP contribution in [-0.2, 0) is 6.54 Å².